The highest BCUT2D eigenvalue weighted by molar-refractivity contribution is 7.89. The number of thiazole rings is 1. The molecule has 3 aliphatic rings. The molecule has 0 N–H and O–H groups in total. The summed E-state index contributed by atoms with van der Waals surface area (Å²) >= 11 is 1.60. The summed E-state index contributed by atoms with van der Waals surface area (Å²) in [7, 11) is -3.49. The van der Waals surface area contributed by atoms with Crippen LogP contribution in [0.4, 0.5) is 5.13 Å². The van der Waals surface area contributed by atoms with Crippen molar-refractivity contribution >= 4 is 32.3 Å². The molecule has 0 spiro atoms. The average Bonchev–Trinajstić information content (AvgIpc) is 3.38. The number of carbonyl (C=O) groups is 1. The summed E-state index contributed by atoms with van der Waals surface area (Å²) in [4.78, 5) is 19.7. The minimum Gasteiger partial charge on any atom is -0.345 e. The van der Waals surface area contributed by atoms with Crippen molar-refractivity contribution in [3.63, 3.8) is 0 Å². The lowest BCUT2D eigenvalue weighted by molar-refractivity contribution is -0.128. The van der Waals surface area contributed by atoms with Crippen LogP contribution in [-0.4, -0.2) is 55.4 Å². The van der Waals surface area contributed by atoms with E-state index < -0.39 is 15.4 Å². The number of carbonyl (C=O) groups excluding carboxylic acids is 1. The molecule has 1 aromatic carbocycles. The van der Waals surface area contributed by atoms with E-state index in [0.717, 1.165) is 22.8 Å². The lowest BCUT2D eigenvalue weighted by Gasteiger charge is -2.39. The summed E-state index contributed by atoms with van der Waals surface area (Å²) in [5.74, 6) is 0.459. The Bertz CT molecular complexity index is 1090. The molecule has 8 heteroatoms. The number of anilines is 1. The van der Waals surface area contributed by atoms with Gasteiger partial charge in [0.05, 0.1) is 11.4 Å². The van der Waals surface area contributed by atoms with Gasteiger partial charge in [-0.3, -0.25) is 4.79 Å². The number of nitrogens with zero attached hydrogens (tertiary/aromatic N) is 3. The molecule has 1 aromatic heterocycles. The first-order chi connectivity index (χ1) is 14.7. The number of benzene rings is 1. The third-order valence-corrected chi connectivity index (χ3v) is 10.9. The van der Waals surface area contributed by atoms with Crippen molar-refractivity contribution in [1.29, 1.82) is 0 Å². The van der Waals surface area contributed by atoms with E-state index in [0.29, 0.717) is 44.9 Å². The molecule has 1 saturated heterocycles. The zero-order valence-electron chi connectivity index (χ0n) is 18.1. The number of sulfonamides is 1. The Kier molecular flexibility index (Phi) is 5.03. The van der Waals surface area contributed by atoms with Gasteiger partial charge in [0.25, 0.3) is 0 Å². The quantitative estimate of drug-likeness (QED) is 0.683. The van der Waals surface area contributed by atoms with Crippen molar-refractivity contribution in [2.75, 3.05) is 36.8 Å². The maximum absolute atomic E-state index is 13.3. The Morgan fingerprint density at radius 2 is 1.84 bits per heavy atom. The first kappa shape index (κ1) is 21.1. The van der Waals surface area contributed by atoms with Gasteiger partial charge in [0.1, 0.15) is 5.78 Å². The number of Topliss-reactive ketones (excluding diaryl/α,β-unsaturated/α-hetero) is 1. The third kappa shape index (κ3) is 3.34. The van der Waals surface area contributed by atoms with Crippen molar-refractivity contribution in [1.82, 2.24) is 9.29 Å². The number of rotatable bonds is 5. The van der Waals surface area contributed by atoms with Gasteiger partial charge in [-0.25, -0.2) is 13.4 Å². The minimum atomic E-state index is -3.49. The van der Waals surface area contributed by atoms with Gasteiger partial charge in [0, 0.05) is 49.0 Å². The molecule has 2 bridgehead atoms. The number of ketones is 1. The van der Waals surface area contributed by atoms with Crippen LogP contribution in [-0.2, 0) is 14.8 Å². The molecule has 2 aromatic rings. The average molecular weight is 460 g/mol. The fourth-order valence-electron chi connectivity index (χ4n) is 5.82. The SMILES string of the molecule is CC1(C)C2CCC1(CS(=O)(=O)N1CCN(c3nc(-c4ccccc4)cs3)CC1)C(=O)C2. The van der Waals surface area contributed by atoms with E-state index in [-0.39, 0.29) is 17.0 Å². The summed E-state index contributed by atoms with van der Waals surface area (Å²) in [6, 6.07) is 10.1. The van der Waals surface area contributed by atoms with Crippen LogP contribution in [0.3, 0.4) is 0 Å². The molecule has 3 fully saturated rings. The highest BCUT2D eigenvalue weighted by Gasteiger charge is 2.65. The zero-order chi connectivity index (χ0) is 21.9. The van der Waals surface area contributed by atoms with Crippen LogP contribution >= 0.6 is 11.3 Å². The lowest BCUT2D eigenvalue weighted by atomic mass is 9.70. The molecule has 2 saturated carbocycles. The van der Waals surface area contributed by atoms with Crippen LogP contribution in [0.5, 0.6) is 0 Å². The van der Waals surface area contributed by atoms with Gasteiger partial charge < -0.3 is 4.90 Å². The summed E-state index contributed by atoms with van der Waals surface area (Å²) in [6.45, 7) is 6.31. The molecule has 6 nitrogen and oxygen atoms in total. The Labute approximate surface area is 188 Å². The van der Waals surface area contributed by atoms with Crippen molar-refractivity contribution in [2.24, 2.45) is 16.7 Å². The molecular weight excluding hydrogens is 430 g/mol. The van der Waals surface area contributed by atoms with Crippen molar-refractivity contribution < 1.29 is 13.2 Å². The topological polar surface area (TPSA) is 70.6 Å². The standard InChI is InChI=1S/C23H29N3O3S2/c1-22(2)18-8-9-23(22,20(27)14-18)16-31(28,29)26-12-10-25(11-13-26)21-24-19(15-30-21)17-6-4-3-5-7-17/h3-7,15,18H,8-14,16H2,1-2H3. The predicted octanol–water partition coefficient (Wildman–Crippen LogP) is 3.66. The lowest BCUT2D eigenvalue weighted by Crippen LogP contribution is -2.52. The van der Waals surface area contributed by atoms with Gasteiger partial charge in [0.2, 0.25) is 10.0 Å². The van der Waals surface area contributed by atoms with E-state index in [1.165, 1.54) is 0 Å². The van der Waals surface area contributed by atoms with E-state index >= 15 is 0 Å². The number of piperazine rings is 1. The van der Waals surface area contributed by atoms with Crippen LogP contribution in [0.25, 0.3) is 11.3 Å². The van der Waals surface area contributed by atoms with Gasteiger partial charge in [0.15, 0.2) is 5.13 Å². The predicted molar refractivity (Wildman–Crippen MR) is 124 cm³/mol. The first-order valence-corrected chi connectivity index (χ1v) is 13.5. The van der Waals surface area contributed by atoms with Crippen molar-refractivity contribution in [3.8, 4) is 11.3 Å². The largest absolute Gasteiger partial charge is 0.345 e. The molecule has 5 rings (SSSR count). The van der Waals surface area contributed by atoms with Crippen molar-refractivity contribution in [3.05, 3.63) is 35.7 Å². The zero-order valence-corrected chi connectivity index (χ0v) is 19.7. The van der Waals surface area contributed by atoms with Crippen LogP contribution < -0.4 is 4.90 Å². The van der Waals surface area contributed by atoms with Crippen LogP contribution in [0.1, 0.15) is 33.1 Å². The molecule has 2 heterocycles. The Balaban J connectivity index is 1.26. The number of fused-ring (bicyclic) bond motifs is 2. The van der Waals surface area contributed by atoms with Gasteiger partial charge in [-0.15, -0.1) is 11.3 Å². The van der Waals surface area contributed by atoms with E-state index in [1.807, 2.05) is 30.3 Å². The molecule has 31 heavy (non-hydrogen) atoms. The van der Waals surface area contributed by atoms with Crippen LogP contribution in [0, 0.1) is 16.7 Å². The maximum Gasteiger partial charge on any atom is 0.215 e. The normalized spacial score (nSPS) is 28.4. The monoisotopic (exact) mass is 459 g/mol. The summed E-state index contributed by atoms with van der Waals surface area (Å²) < 4.78 is 28.3. The van der Waals surface area contributed by atoms with E-state index in [1.54, 1.807) is 15.6 Å². The smallest absolute Gasteiger partial charge is 0.215 e. The summed E-state index contributed by atoms with van der Waals surface area (Å²) in [5.41, 5.74) is 1.11. The number of hydrogen-bond acceptors (Lipinski definition) is 6. The summed E-state index contributed by atoms with van der Waals surface area (Å²) in [6.07, 6.45) is 2.23. The Hall–Kier alpha value is -1.77. The van der Waals surface area contributed by atoms with Crippen LogP contribution in [0.2, 0.25) is 0 Å². The minimum absolute atomic E-state index is 0.0300. The first-order valence-electron chi connectivity index (χ1n) is 11.0. The molecular formula is C23H29N3O3S2. The molecule has 2 unspecified atom stereocenters. The highest BCUT2D eigenvalue weighted by Crippen LogP contribution is 2.64. The van der Waals surface area contributed by atoms with Gasteiger partial charge in [-0.2, -0.15) is 4.31 Å². The molecule has 2 aliphatic carbocycles. The Morgan fingerprint density at radius 1 is 1.13 bits per heavy atom. The van der Waals surface area contributed by atoms with E-state index in [4.69, 9.17) is 4.98 Å². The van der Waals surface area contributed by atoms with E-state index in [9.17, 15) is 13.2 Å². The summed E-state index contributed by atoms with van der Waals surface area (Å²) in [5, 5.41) is 2.98. The molecule has 166 valence electrons. The van der Waals surface area contributed by atoms with Crippen LogP contribution in [0.15, 0.2) is 35.7 Å². The number of aromatic nitrogens is 1. The third-order valence-electron chi connectivity index (χ3n) is 8.03. The highest BCUT2D eigenvalue weighted by atomic mass is 32.2. The fraction of sp³-hybridized carbons (Fsp3) is 0.565. The Morgan fingerprint density at radius 3 is 2.45 bits per heavy atom. The fourth-order valence-corrected chi connectivity index (χ4v) is 8.91. The maximum atomic E-state index is 13.3. The second-order valence-corrected chi connectivity index (χ2v) is 12.5. The second kappa shape index (κ2) is 7.39. The van der Waals surface area contributed by atoms with E-state index in [2.05, 4.69) is 24.1 Å². The van der Waals surface area contributed by atoms with Crippen molar-refractivity contribution in [2.45, 2.75) is 33.1 Å². The van der Waals surface area contributed by atoms with Gasteiger partial charge in [-0.1, -0.05) is 44.2 Å². The van der Waals surface area contributed by atoms with Gasteiger partial charge in [-0.05, 0) is 24.2 Å². The molecule has 0 amide bonds. The second-order valence-electron chi connectivity index (χ2n) is 9.69. The molecule has 2 atom stereocenters. The number of hydrogen-bond donors (Lipinski definition) is 0. The van der Waals surface area contributed by atoms with Gasteiger partial charge >= 0.3 is 0 Å². The molecule has 1 aliphatic heterocycles. The molecule has 0 radical (unpaired) electrons.